The van der Waals surface area contributed by atoms with Crippen molar-refractivity contribution in [1.82, 2.24) is 9.13 Å². The summed E-state index contributed by atoms with van der Waals surface area (Å²) in [5.74, 6) is -0.502. The maximum absolute atomic E-state index is 13.2. The standard InChI is InChI=1S/C24H26N4O7/c1-14(29)35-20-6-5-15(11-21(20)33-4)22(30)25-16-12-18-19(27(3)24(32)23(31)26(18)2)13-17(16)28-7-9-34-10-8-28/h5-6,11-13H,7-10H2,1-4H3,(H,25,30). The van der Waals surface area contributed by atoms with Crippen LogP contribution in [0.4, 0.5) is 11.4 Å². The molecular formula is C24H26N4O7. The number of aryl methyl sites for hydroxylation is 2. The summed E-state index contributed by atoms with van der Waals surface area (Å²) < 4.78 is 18.4. The van der Waals surface area contributed by atoms with Crippen LogP contribution in [0.3, 0.4) is 0 Å². The summed E-state index contributed by atoms with van der Waals surface area (Å²) in [7, 11) is 4.48. The second-order valence-corrected chi connectivity index (χ2v) is 8.10. The molecule has 11 heteroatoms. The van der Waals surface area contributed by atoms with Gasteiger partial charge < -0.3 is 33.6 Å². The summed E-state index contributed by atoms with van der Waals surface area (Å²) in [6.07, 6.45) is 0. The fraction of sp³-hybridized carbons (Fsp3) is 0.333. The molecule has 1 fully saturated rings. The molecule has 184 valence electrons. The minimum Gasteiger partial charge on any atom is -0.493 e. The molecule has 1 amide bonds. The molecule has 1 aliphatic heterocycles. The Morgan fingerprint density at radius 1 is 0.943 bits per heavy atom. The number of rotatable bonds is 5. The fourth-order valence-electron chi connectivity index (χ4n) is 4.02. The summed E-state index contributed by atoms with van der Waals surface area (Å²) in [4.78, 5) is 51.4. The first kappa shape index (κ1) is 24.0. The van der Waals surface area contributed by atoms with E-state index in [-0.39, 0.29) is 17.1 Å². The first-order chi connectivity index (χ1) is 16.7. The maximum Gasteiger partial charge on any atom is 0.316 e. The van der Waals surface area contributed by atoms with Gasteiger partial charge in [0.15, 0.2) is 11.5 Å². The number of fused-ring (bicyclic) bond motifs is 1. The molecule has 3 aromatic rings. The number of morpholine rings is 1. The lowest BCUT2D eigenvalue weighted by Gasteiger charge is -2.31. The lowest BCUT2D eigenvalue weighted by atomic mass is 10.1. The van der Waals surface area contributed by atoms with Crippen LogP contribution in [0.1, 0.15) is 17.3 Å². The molecule has 1 saturated heterocycles. The molecular weight excluding hydrogens is 456 g/mol. The average molecular weight is 482 g/mol. The van der Waals surface area contributed by atoms with Crippen LogP contribution in [0.5, 0.6) is 11.5 Å². The largest absolute Gasteiger partial charge is 0.493 e. The van der Waals surface area contributed by atoms with Crippen LogP contribution in [0, 0.1) is 0 Å². The van der Waals surface area contributed by atoms with Gasteiger partial charge in [-0.15, -0.1) is 0 Å². The zero-order valence-corrected chi connectivity index (χ0v) is 19.9. The van der Waals surface area contributed by atoms with Crippen LogP contribution in [0.25, 0.3) is 11.0 Å². The highest BCUT2D eigenvalue weighted by Crippen LogP contribution is 2.33. The van der Waals surface area contributed by atoms with E-state index in [1.54, 1.807) is 19.2 Å². The lowest BCUT2D eigenvalue weighted by molar-refractivity contribution is -0.132. The SMILES string of the molecule is COc1cc(C(=O)Nc2cc3c(cc2N2CCOCC2)n(C)c(=O)c(=O)n3C)ccc1OC(C)=O. The van der Waals surface area contributed by atoms with Gasteiger partial charge in [0.25, 0.3) is 5.91 Å². The Morgan fingerprint density at radius 2 is 1.57 bits per heavy atom. The van der Waals surface area contributed by atoms with Gasteiger partial charge in [0.2, 0.25) is 0 Å². The number of anilines is 2. The fourth-order valence-corrected chi connectivity index (χ4v) is 4.02. The van der Waals surface area contributed by atoms with Gasteiger partial charge >= 0.3 is 17.1 Å². The lowest BCUT2D eigenvalue weighted by Crippen LogP contribution is -2.40. The van der Waals surface area contributed by atoms with E-state index in [9.17, 15) is 19.2 Å². The number of ether oxygens (including phenoxy) is 3. The number of hydrogen-bond donors (Lipinski definition) is 1. The highest BCUT2D eigenvalue weighted by molar-refractivity contribution is 6.07. The summed E-state index contributed by atoms with van der Waals surface area (Å²) in [6.45, 7) is 3.51. The molecule has 35 heavy (non-hydrogen) atoms. The van der Waals surface area contributed by atoms with Crippen molar-refractivity contribution in [3.63, 3.8) is 0 Å². The highest BCUT2D eigenvalue weighted by atomic mass is 16.6. The third-order valence-corrected chi connectivity index (χ3v) is 5.89. The van der Waals surface area contributed by atoms with Gasteiger partial charge in [-0.05, 0) is 30.3 Å². The first-order valence-electron chi connectivity index (χ1n) is 11.0. The average Bonchev–Trinajstić information content (AvgIpc) is 2.86. The van der Waals surface area contributed by atoms with Gasteiger partial charge in [-0.2, -0.15) is 0 Å². The van der Waals surface area contributed by atoms with Crippen molar-refractivity contribution in [3.8, 4) is 11.5 Å². The quantitative estimate of drug-likeness (QED) is 0.328. The molecule has 0 atom stereocenters. The number of benzene rings is 2. The second kappa shape index (κ2) is 9.63. The van der Waals surface area contributed by atoms with Crippen molar-refractivity contribution in [2.75, 3.05) is 43.6 Å². The monoisotopic (exact) mass is 482 g/mol. The van der Waals surface area contributed by atoms with E-state index in [0.717, 1.165) is 0 Å². The van der Waals surface area contributed by atoms with Crippen molar-refractivity contribution in [3.05, 3.63) is 56.6 Å². The number of methoxy groups -OCH3 is 1. The van der Waals surface area contributed by atoms with Crippen LogP contribution in [-0.2, 0) is 23.6 Å². The molecule has 1 N–H and O–H groups in total. The normalized spacial score (nSPS) is 13.5. The molecule has 0 saturated carbocycles. The minimum atomic E-state index is -0.665. The number of aromatic nitrogens is 2. The number of carbonyl (C=O) groups is 2. The van der Waals surface area contributed by atoms with E-state index in [0.29, 0.717) is 48.7 Å². The van der Waals surface area contributed by atoms with E-state index in [1.165, 1.54) is 48.4 Å². The molecule has 0 radical (unpaired) electrons. The minimum absolute atomic E-state index is 0.201. The van der Waals surface area contributed by atoms with Crippen molar-refractivity contribution >= 4 is 34.3 Å². The zero-order valence-electron chi connectivity index (χ0n) is 19.9. The zero-order chi connectivity index (χ0) is 25.3. The Labute approximate surface area is 200 Å². The molecule has 4 rings (SSSR count). The Kier molecular flexibility index (Phi) is 6.61. The number of amides is 1. The number of esters is 1. The van der Waals surface area contributed by atoms with Crippen molar-refractivity contribution in [1.29, 1.82) is 0 Å². The molecule has 0 unspecified atom stereocenters. The molecule has 11 nitrogen and oxygen atoms in total. The summed E-state index contributed by atoms with van der Waals surface area (Å²) in [6, 6.07) is 7.95. The Hall–Kier alpha value is -4.12. The molecule has 0 aliphatic carbocycles. The smallest absolute Gasteiger partial charge is 0.316 e. The summed E-state index contributed by atoms with van der Waals surface area (Å²) in [5, 5.41) is 2.92. The van der Waals surface area contributed by atoms with Gasteiger partial charge in [0.1, 0.15) is 0 Å². The molecule has 0 bridgehead atoms. The Morgan fingerprint density at radius 3 is 2.17 bits per heavy atom. The number of nitrogens with zero attached hydrogens (tertiary/aromatic N) is 3. The topological polar surface area (TPSA) is 121 Å². The van der Waals surface area contributed by atoms with Gasteiger partial charge in [0, 0.05) is 39.7 Å². The van der Waals surface area contributed by atoms with Crippen LogP contribution in [-0.4, -0.2) is 54.4 Å². The maximum atomic E-state index is 13.2. The summed E-state index contributed by atoms with van der Waals surface area (Å²) in [5.41, 5.74) is 1.20. The molecule has 1 aliphatic rings. The number of nitrogens with one attached hydrogen (secondary N) is 1. The first-order valence-corrected chi connectivity index (χ1v) is 11.0. The van der Waals surface area contributed by atoms with Gasteiger partial charge in [-0.1, -0.05) is 0 Å². The van der Waals surface area contributed by atoms with E-state index in [2.05, 4.69) is 10.2 Å². The van der Waals surface area contributed by atoms with Crippen LogP contribution < -0.4 is 30.8 Å². The Bertz CT molecular complexity index is 1430. The molecule has 1 aromatic heterocycles. The van der Waals surface area contributed by atoms with E-state index < -0.39 is 23.0 Å². The molecule has 0 spiro atoms. The van der Waals surface area contributed by atoms with Crippen LogP contribution in [0.15, 0.2) is 39.9 Å². The third kappa shape index (κ3) is 4.62. The number of hydrogen-bond acceptors (Lipinski definition) is 8. The second-order valence-electron chi connectivity index (χ2n) is 8.10. The third-order valence-electron chi connectivity index (χ3n) is 5.89. The predicted molar refractivity (Wildman–Crippen MR) is 130 cm³/mol. The van der Waals surface area contributed by atoms with Crippen molar-refractivity contribution in [2.24, 2.45) is 14.1 Å². The van der Waals surface area contributed by atoms with E-state index in [1.807, 2.05) is 0 Å². The van der Waals surface area contributed by atoms with Crippen molar-refractivity contribution < 1.29 is 23.8 Å². The van der Waals surface area contributed by atoms with Crippen LogP contribution in [0.2, 0.25) is 0 Å². The Balaban J connectivity index is 1.80. The van der Waals surface area contributed by atoms with Crippen LogP contribution >= 0.6 is 0 Å². The van der Waals surface area contributed by atoms with Gasteiger partial charge in [-0.25, -0.2) is 0 Å². The van der Waals surface area contributed by atoms with Gasteiger partial charge in [-0.3, -0.25) is 19.2 Å². The number of carbonyl (C=O) groups excluding carboxylic acids is 2. The summed E-state index contributed by atoms with van der Waals surface area (Å²) >= 11 is 0. The van der Waals surface area contributed by atoms with E-state index in [4.69, 9.17) is 14.2 Å². The van der Waals surface area contributed by atoms with Crippen molar-refractivity contribution in [2.45, 2.75) is 6.92 Å². The highest BCUT2D eigenvalue weighted by Gasteiger charge is 2.21. The predicted octanol–water partition coefficient (Wildman–Crippen LogP) is 1.26. The molecule has 2 heterocycles. The van der Waals surface area contributed by atoms with Gasteiger partial charge in [0.05, 0.1) is 42.7 Å². The van der Waals surface area contributed by atoms with E-state index >= 15 is 0 Å². The molecule has 2 aromatic carbocycles.